The topological polar surface area (TPSA) is 119 Å². The van der Waals surface area contributed by atoms with Crippen LogP contribution in [0.25, 0.3) is 11.7 Å². The quantitative estimate of drug-likeness (QED) is 0.307. The lowest BCUT2D eigenvalue weighted by atomic mass is 9.85. The smallest absolute Gasteiger partial charge is 0.419 e. The van der Waals surface area contributed by atoms with Crippen molar-refractivity contribution in [2.24, 2.45) is 5.92 Å². The van der Waals surface area contributed by atoms with Crippen LogP contribution in [0.4, 0.5) is 10.5 Å². The highest BCUT2D eigenvalue weighted by Gasteiger charge is 2.30. The number of anilines is 1. The van der Waals surface area contributed by atoms with Gasteiger partial charge in [0, 0.05) is 31.9 Å². The maximum absolute atomic E-state index is 13.7. The Balaban J connectivity index is 1.41. The molecule has 0 aromatic carbocycles. The molecule has 1 saturated carbocycles. The molecule has 4 heterocycles. The van der Waals surface area contributed by atoms with Crippen LogP contribution in [0.15, 0.2) is 59.4 Å². The van der Waals surface area contributed by atoms with Gasteiger partial charge in [-0.1, -0.05) is 12.5 Å². The lowest BCUT2D eigenvalue weighted by Crippen LogP contribution is -2.36. The minimum Gasteiger partial charge on any atom is -0.474 e. The third kappa shape index (κ3) is 7.76. The van der Waals surface area contributed by atoms with E-state index in [4.69, 9.17) is 9.47 Å². The molecule has 2 aliphatic rings. The number of aromatic nitrogens is 3. The predicted molar refractivity (Wildman–Crippen MR) is 174 cm³/mol. The first-order chi connectivity index (χ1) is 21.2. The molecule has 0 atom stereocenters. The van der Waals surface area contributed by atoms with Gasteiger partial charge < -0.3 is 25.0 Å². The molecule has 3 aromatic heterocycles. The van der Waals surface area contributed by atoms with Crippen molar-refractivity contribution in [3.8, 4) is 0 Å². The Labute approximate surface area is 263 Å². The van der Waals surface area contributed by atoms with Gasteiger partial charge in [0.2, 0.25) is 0 Å². The highest BCUT2D eigenvalue weighted by Crippen LogP contribution is 2.33. The zero-order valence-corrected chi connectivity index (χ0v) is 27.1. The second-order valence-electron chi connectivity index (χ2n) is 13.8. The summed E-state index contributed by atoms with van der Waals surface area (Å²) in [5, 5.41) is 6.27. The van der Waals surface area contributed by atoms with Crippen LogP contribution < -0.4 is 16.2 Å². The number of nitrogens with one attached hydrogen (secondary N) is 2. The van der Waals surface area contributed by atoms with Gasteiger partial charge >= 0.3 is 6.09 Å². The van der Waals surface area contributed by atoms with Crippen molar-refractivity contribution in [3.63, 3.8) is 0 Å². The summed E-state index contributed by atoms with van der Waals surface area (Å²) in [6.45, 7) is 17.6. The molecule has 0 unspecified atom stereocenters. The molecule has 3 aromatic rings. The Kier molecular flexibility index (Phi) is 8.82. The molecule has 0 spiro atoms. The van der Waals surface area contributed by atoms with E-state index < -0.39 is 23.2 Å². The maximum atomic E-state index is 13.7. The second-order valence-corrected chi connectivity index (χ2v) is 13.8. The van der Waals surface area contributed by atoms with Gasteiger partial charge in [-0.2, -0.15) is 0 Å². The SMILES string of the molecule is C=C(OC(C)(C)C)N(Cc1cc2c(n1C(=O)OC(C)(C)C)C=C(CNC(=O)c1cc(=O)n3ccccc3n1)CN2)CC1CCC1. The molecule has 1 aliphatic carbocycles. The molecule has 0 bridgehead atoms. The van der Waals surface area contributed by atoms with E-state index in [-0.39, 0.29) is 17.8 Å². The normalized spacial score (nSPS) is 14.9. The second kappa shape index (κ2) is 12.5. The lowest BCUT2D eigenvalue weighted by molar-refractivity contribution is -0.00766. The van der Waals surface area contributed by atoms with Crippen molar-refractivity contribution in [2.45, 2.75) is 78.6 Å². The van der Waals surface area contributed by atoms with E-state index >= 15 is 0 Å². The molecule has 45 heavy (non-hydrogen) atoms. The summed E-state index contributed by atoms with van der Waals surface area (Å²) < 4.78 is 15.0. The van der Waals surface area contributed by atoms with Crippen LogP contribution in [-0.2, 0) is 16.0 Å². The Morgan fingerprint density at radius 3 is 2.51 bits per heavy atom. The van der Waals surface area contributed by atoms with E-state index in [9.17, 15) is 14.4 Å². The Morgan fingerprint density at radius 2 is 1.84 bits per heavy atom. The van der Waals surface area contributed by atoms with Gasteiger partial charge in [-0.3, -0.25) is 14.0 Å². The van der Waals surface area contributed by atoms with Crippen molar-refractivity contribution in [3.05, 3.63) is 82.0 Å². The third-order valence-electron chi connectivity index (χ3n) is 7.65. The highest BCUT2D eigenvalue weighted by atomic mass is 16.6. The van der Waals surface area contributed by atoms with Gasteiger partial charge in [-0.15, -0.1) is 0 Å². The predicted octanol–water partition coefficient (Wildman–Crippen LogP) is 5.41. The van der Waals surface area contributed by atoms with Crippen LogP contribution >= 0.6 is 0 Å². The Morgan fingerprint density at radius 1 is 1.11 bits per heavy atom. The molecule has 2 N–H and O–H groups in total. The van der Waals surface area contributed by atoms with Crippen molar-refractivity contribution < 1.29 is 19.1 Å². The van der Waals surface area contributed by atoms with E-state index in [2.05, 4.69) is 27.1 Å². The molecular weight excluding hydrogens is 572 g/mol. The van der Waals surface area contributed by atoms with Crippen molar-refractivity contribution >= 4 is 29.4 Å². The maximum Gasteiger partial charge on any atom is 0.419 e. The van der Waals surface area contributed by atoms with Gasteiger partial charge in [-0.05, 0) is 96.7 Å². The summed E-state index contributed by atoms with van der Waals surface area (Å²) in [4.78, 5) is 45.6. The molecule has 1 aliphatic heterocycles. The van der Waals surface area contributed by atoms with Gasteiger partial charge in [-0.25, -0.2) is 14.3 Å². The molecule has 240 valence electrons. The number of fused-ring (bicyclic) bond motifs is 2. The standard InChI is InChI=1S/C34H44N6O5/c1-22(44-33(2,3)4)38(20-23-11-10-12-23)21-25-16-26-28(40(25)32(43)45-34(5,6)7)15-24(18-35-26)19-36-31(42)27-17-30(41)39-14-9-8-13-29(39)37-27/h8-9,13-17,23,35H,1,10-12,18-21H2,2-7H3,(H,36,42). The highest BCUT2D eigenvalue weighted by molar-refractivity contribution is 5.93. The third-order valence-corrected chi connectivity index (χ3v) is 7.65. The molecule has 1 amide bonds. The fourth-order valence-electron chi connectivity index (χ4n) is 5.38. The Hall–Kier alpha value is -4.54. The fraction of sp³-hybridized carbons (Fsp3) is 0.471. The molecule has 11 heteroatoms. The van der Waals surface area contributed by atoms with E-state index in [0.29, 0.717) is 36.2 Å². The monoisotopic (exact) mass is 616 g/mol. The van der Waals surface area contributed by atoms with E-state index in [1.54, 1.807) is 29.0 Å². The summed E-state index contributed by atoms with van der Waals surface area (Å²) in [7, 11) is 0. The van der Waals surface area contributed by atoms with Gasteiger partial charge in [0.15, 0.2) is 5.88 Å². The number of nitrogens with zero attached hydrogens (tertiary/aromatic N) is 4. The van der Waals surface area contributed by atoms with Gasteiger partial charge in [0.1, 0.15) is 22.5 Å². The summed E-state index contributed by atoms with van der Waals surface area (Å²) in [5.74, 6) is 0.655. The first kappa shape index (κ1) is 31.9. The van der Waals surface area contributed by atoms with E-state index in [1.807, 2.05) is 53.7 Å². The van der Waals surface area contributed by atoms with E-state index in [0.717, 1.165) is 36.3 Å². The molecule has 0 radical (unpaired) electrons. The number of carbonyl (C=O) groups excluding carboxylic acids is 2. The molecule has 1 fully saturated rings. The van der Waals surface area contributed by atoms with Crippen molar-refractivity contribution in [1.29, 1.82) is 0 Å². The summed E-state index contributed by atoms with van der Waals surface area (Å²) >= 11 is 0. The summed E-state index contributed by atoms with van der Waals surface area (Å²) in [6.07, 6.45) is 6.55. The number of rotatable bonds is 9. The fourth-order valence-corrected chi connectivity index (χ4v) is 5.38. The van der Waals surface area contributed by atoms with Gasteiger partial charge in [0.05, 0.1) is 23.6 Å². The lowest BCUT2D eigenvalue weighted by Gasteiger charge is -2.36. The molecule has 5 rings (SSSR count). The van der Waals surface area contributed by atoms with E-state index in [1.165, 1.54) is 16.9 Å². The van der Waals surface area contributed by atoms with Crippen LogP contribution in [0.5, 0.6) is 0 Å². The van der Waals surface area contributed by atoms with Crippen molar-refractivity contribution in [1.82, 2.24) is 24.2 Å². The van der Waals surface area contributed by atoms with Crippen LogP contribution in [0.3, 0.4) is 0 Å². The first-order valence-electron chi connectivity index (χ1n) is 15.5. The average molecular weight is 617 g/mol. The zero-order chi connectivity index (χ0) is 32.5. The number of ether oxygens (including phenoxy) is 2. The number of hydrogen-bond donors (Lipinski definition) is 2. The zero-order valence-electron chi connectivity index (χ0n) is 27.1. The Bertz CT molecular complexity index is 1700. The van der Waals surface area contributed by atoms with Crippen LogP contribution in [-0.4, -0.2) is 61.7 Å². The molecule has 11 nitrogen and oxygen atoms in total. The number of hydrogen-bond acceptors (Lipinski definition) is 8. The minimum atomic E-state index is -0.704. The minimum absolute atomic E-state index is 0.0416. The van der Waals surface area contributed by atoms with Crippen LogP contribution in [0.1, 0.15) is 82.7 Å². The number of carbonyl (C=O) groups is 2. The van der Waals surface area contributed by atoms with Crippen LogP contribution in [0, 0.1) is 5.92 Å². The molecule has 0 saturated heterocycles. The average Bonchev–Trinajstić information content (AvgIpc) is 3.28. The van der Waals surface area contributed by atoms with Gasteiger partial charge in [0.25, 0.3) is 11.5 Å². The van der Waals surface area contributed by atoms with Crippen molar-refractivity contribution in [2.75, 3.05) is 25.0 Å². The number of pyridine rings is 1. The largest absolute Gasteiger partial charge is 0.474 e. The molecular formula is C34H44N6O5. The van der Waals surface area contributed by atoms with Crippen LogP contribution in [0.2, 0.25) is 0 Å². The number of amides is 1. The summed E-state index contributed by atoms with van der Waals surface area (Å²) in [5.41, 5.74) is 1.99. The summed E-state index contributed by atoms with van der Waals surface area (Å²) in [6, 6.07) is 8.35. The first-order valence-corrected chi connectivity index (χ1v) is 15.5.